The zero-order valence-electron chi connectivity index (χ0n) is 27.0. The van der Waals surface area contributed by atoms with Crippen molar-refractivity contribution in [1.29, 1.82) is 0 Å². The number of phenolic OH excluding ortho intramolecular Hbond substituents is 1. The second kappa shape index (κ2) is 11.3. The van der Waals surface area contributed by atoms with Crippen LogP contribution >= 0.6 is 0 Å². The summed E-state index contributed by atoms with van der Waals surface area (Å²) in [5.41, 5.74) is 17.1. The molecule has 1 aliphatic rings. The molecule has 6 heterocycles. The summed E-state index contributed by atoms with van der Waals surface area (Å²) < 4.78 is 6.83. The number of aromatic nitrogens is 4. The summed E-state index contributed by atoms with van der Waals surface area (Å²) in [4.78, 5) is 16.1. The van der Waals surface area contributed by atoms with Gasteiger partial charge in [0.2, 0.25) is 0 Å². The molecule has 0 spiro atoms. The number of benzene rings is 3. The number of rotatable bonds is 3. The van der Waals surface area contributed by atoms with Crippen LogP contribution in [0.2, 0.25) is 0 Å². The molecule has 10 bridgehead atoms. The van der Waals surface area contributed by atoms with Gasteiger partial charge >= 0.3 is 0 Å². The van der Waals surface area contributed by atoms with Gasteiger partial charge in [0.25, 0.3) is 0 Å². The Morgan fingerprint density at radius 1 is 0.429 bits per heavy atom. The van der Waals surface area contributed by atoms with Crippen molar-refractivity contribution < 1.29 is 9.52 Å². The predicted molar refractivity (Wildman–Crippen MR) is 201 cm³/mol. The SMILES string of the molecule is Cc1ccc(-c2c3ccc([nH]3)c3nc(c(-c4ccc(O)cc4)c4ccc([nH]4)c4ccc([nH]4)c(-c4ccc(C)cc4)c4ccc2o4)C=C3)cc1. The van der Waals surface area contributed by atoms with Gasteiger partial charge in [-0.1, -0.05) is 71.8 Å². The minimum atomic E-state index is 0.218. The summed E-state index contributed by atoms with van der Waals surface area (Å²) in [5, 5.41) is 10.1. The van der Waals surface area contributed by atoms with Crippen LogP contribution in [0.5, 0.6) is 5.75 Å². The summed E-state index contributed by atoms with van der Waals surface area (Å²) in [6.07, 6.45) is 4.09. The van der Waals surface area contributed by atoms with Crippen molar-refractivity contribution in [3.63, 3.8) is 0 Å². The zero-order valence-corrected chi connectivity index (χ0v) is 27.0. The van der Waals surface area contributed by atoms with Crippen LogP contribution in [0.25, 0.3) is 89.8 Å². The summed E-state index contributed by atoms with van der Waals surface area (Å²) in [6, 6.07) is 41.0. The van der Waals surface area contributed by atoms with Crippen molar-refractivity contribution in [2.75, 3.05) is 0 Å². The molecule has 0 radical (unpaired) electrons. The van der Waals surface area contributed by atoms with Gasteiger partial charge in [-0.3, -0.25) is 0 Å². The number of hydrogen-bond donors (Lipinski definition) is 4. The van der Waals surface area contributed by atoms with Crippen molar-refractivity contribution in [1.82, 2.24) is 19.9 Å². The number of phenols is 1. The molecule has 6 nitrogen and oxygen atoms in total. The predicted octanol–water partition coefficient (Wildman–Crippen LogP) is 11.3. The van der Waals surface area contributed by atoms with Crippen molar-refractivity contribution >= 4 is 56.4 Å². The largest absolute Gasteiger partial charge is 0.508 e. The second-order valence-corrected chi connectivity index (χ2v) is 12.6. The number of nitrogens with one attached hydrogen (secondary N) is 3. The van der Waals surface area contributed by atoms with Crippen LogP contribution in [0.15, 0.2) is 126 Å². The lowest BCUT2D eigenvalue weighted by molar-refractivity contribution is 0.475. The number of nitrogens with zero attached hydrogens (tertiary/aromatic N) is 1. The minimum absolute atomic E-state index is 0.218. The summed E-state index contributed by atoms with van der Waals surface area (Å²) in [5.74, 6) is 0.218. The molecule has 1 aliphatic heterocycles. The van der Waals surface area contributed by atoms with Gasteiger partial charge in [-0.2, -0.15) is 0 Å². The number of fused-ring (bicyclic) bond motifs is 12. The summed E-state index contributed by atoms with van der Waals surface area (Å²) >= 11 is 0. The van der Waals surface area contributed by atoms with E-state index in [1.807, 2.05) is 24.3 Å². The Kier molecular flexibility index (Phi) is 6.62. The molecule has 236 valence electrons. The van der Waals surface area contributed by atoms with E-state index in [4.69, 9.17) is 9.40 Å². The molecule has 49 heavy (non-hydrogen) atoms. The van der Waals surface area contributed by atoms with Crippen molar-refractivity contribution in [2.45, 2.75) is 13.8 Å². The van der Waals surface area contributed by atoms with Gasteiger partial charge in [0.15, 0.2) is 0 Å². The van der Waals surface area contributed by atoms with E-state index in [0.29, 0.717) is 0 Å². The smallest absolute Gasteiger partial charge is 0.137 e. The van der Waals surface area contributed by atoms with Gasteiger partial charge in [0.05, 0.1) is 39.0 Å². The van der Waals surface area contributed by atoms with E-state index in [1.54, 1.807) is 12.1 Å². The first-order chi connectivity index (χ1) is 24.0. The number of aromatic amines is 3. The zero-order chi connectivity index (χ0) is 33.1. The Balaban J connectivity index is 1.44. The first-order valence-electron chi connectivity index (χ1n) is 16.3. The van der Waals surface area contributed by atoms with Crippen LogP contribution < -0.4 is 0 Å². The molecular formula is C43H32N4O2. The van der Waals surface area contributed by atoms with Crippen LogP contribution in [0.1, 0.15) is 22.5 Å². The lowest BCUT2D eigenvalue weighted by Crippen LogP contribution is -1.85. The van der Waals surface area contributed by atoms with E-state index < -0.39 is 0 Å². The molecule has 4 N–H and O–H groups in total. The van der Waals surface area contributed by atoms with E-state index in [9.17, 15) is 5.11 Å². The van der Waals surface area contributed by atoms with Crippen molar-refractivity contribution in [2.24, 2.45) is 0 Å². The molecule has 0 unspecified atom stereocenters. The number of furan rings is 1. The highest BCUT2D eigenvalue weighted by molar-refractivity contribution is 5.99. The van der Waals surface area contributed by atoms with E-state index in [2.05, 4.69) is 126 Å². The van der Waals surface area contributed by atoms with Gasteiger partial charge in [-0.05, 0) is 103 Å². The molecule has 9 rings (SSSR count). The quantitative estimate of drug-likeness (QED) is 0.155. The Morgan fingerprint density at radius 2 is 0.837 bits per heavy atom. The third-order valence-electron chi connectivity index (χ3n) is 9.26. The van der Waals surface area contributed by atoms with Gasteiger partial charge in [0, 0.05) is 22.2 Å². The number of aromatic hydroxyl groups is 1. The maximum absolute atomic E-state index is 10.1. The molecule has 0 fully saturated rings. The van der Waals surface area contributed by atoms with E-state index in [1.165, 1.54) is 11.1 Å². The van der Waals surface area contributed by atoms with Crippen LogP contribution in [0.3, 0.4) is 0 Å². The molecule has 0 aliphatic carbocycles. The van der Waals surface area contributed by atoms with Gasteiger partial charge in [-0.25, -0.2) is 4.98 Å². The molecule has 6 heteroatoms. The van der Waals surface area contributed by atoms with Crippen LogP contribution in [0.4, 0.5) is 0 Å². The van der Waals surface area contributed by atoms with Gasteiger partial charge in [0.1, 0.15) is 16.9 Å². The topological polar surface area (TPSA) is 93.6 Å². The molecule has 8 aromatic rings. The number of hydrogen-bond acceptors (Lipinski definition) is 3. The minimum Gasteiger partial charge on any atom is -0.508 e. The highest BCUT2D eigenvalue weighted by Gasteiger charge is 2.15. The normalized spacial score (nSPS) is 11.9. The Morgan fingerprint density at radius 3 is 1.39 bits per heavy atom. The standard InChI is InChI=1S/C43H32N4O2/c1-25-3-7-28(8-4-25)42-37-21-17-33(46-37)31-15-19-35(44-31)41(27-11-13-30(48)14-12-27)36-20-16-32(45-36)34-18-22-38(47-34)43(40-24-23-39(42)49-40)29-9-5-26(2)6-10-29/h3-24,44,46-48H,1-2H3. The highest BCUT2D eigenvalue weighted by Crippen LogP contribution is 2.36. The third-order valence-corrected chi connectivity index (χ3v) is 9.26. The summed E-state index contributed by atoms with van der Waals surface area (Å²) in [7, 11) is 0. The molecule has 0 atom stereocenters. The third kappa shape index (κ3) is 5.11. The maximum Gasteiger partial charge on any atom is 0.137 e. The average molecular weight is 637 g/mol. The van der Waals surface area contributed by atoms with Crippen LogP contribution in [0, 0.1) is 13.8 Å². The van der Waals surface area contributed by atoms with Gasteiger partial charge < -0.3 is 24.5 Å². The lowest BCUT2D eigenvalue weighted by atomic mass is 10.0. The fourth-order valence-corrected chi connectivity index (χ4v) is 6.72. The maximum atomic E-state index is 10.1. The number of H-pyrrole nitrogens is 3. The second-order valence-electron chi connectivity index (χ2n) is 12.6. The van der Waals surface area contributed by atoms with E-state index >= 15 is 0 Å². The first kappa shape index (κ1) is 28.7. The first-order valence-corrected chi connectivity index (χ1v) is 16.3. The Hall–Kier alpha value is -6.53. The fourth-order valence-electron chi connectivity index (χ4n) is 6.72. The molecule has 3 aromatic carbocycles. The monoisotopic (exact) mass is 636 g/mol. The van der Waals surface area contributed by atoms with Crippen LogP contribution in [-0.4, -0.2) is 25.0 Å². The molecular weight excluding hydrogens is 604 g/mol. The van der Waals surface area contributed by atoms with Crippen LogP contribution in [-0.2, 0) is 0 Å². The highest BCUT2D eigenvalue weighted by atomic mass is 16.3. The molecule has 5 aromatic heterocycles. The Labute approximate surface area is 282 Å². The van der Waals surface area contributed by atoms with Crippen molar-refractivity contribution in [3.05, 3.63) is 144 Å². The van der Waals surface area contributed by atoms with Gasteiger partial charge in [-0.15, -0.1) is 0 Å². The number of aryl methyl sites for hydroxylation is 2. The Bertz CT molecular complexity index is 2720. The fraction of sp³-hybridized carbons (Fsp3) is 0.0465. The molecule has 0 saturated carbocycles. The van der Waals surface area contributed by atoms with E-state index in [-0.39, 0.29) is 5.75 Å². The van der Waals surface area contributed by atoms with Crippen molar-refractivity contribution in [3.8, 4) is 39.1 Å². The molecule has 0 amide bonds. The summed E-state index contributed by atoms with van der Waals surface area (Å²) in [6.45, 7) is 4.20. The molecule has 0 saturated heterocycles. The van der Waals surface area contributed by atoms with E-state index in [0.717, 1.165) is 89.0 Å². The lowest BCUT2D eigenvalue weighted by Gasteiger charge is -2.04. The average Bonchev–Trinajstić information content (AvgIpc) is 3.96.